The van der Waals surface area contributed by atoms with Crippen LogP contribution in [0.25, 0.3) is 0 Å². The van der Waals surface area contributed by atoms with Gasteiger partial charge in [-0.15, -0.1) is 12.8 Å². The molecule has 0 amide bonds. The molecule has 0 fully saturated rings. The third-order valence-corrected chi connectivity index (χ3v) is 1.70. The molecule has 11 heavy (non-hydrogen) atoms. The summed E-state index contributed by atoms with van der Waals surface area (Å²) in [6, 6.07) is 0. The number of methoxy groups -OCH3 is 1. The third kappa shape index (κ3) is 2.66. The SMILES string of the molecule is C#CC(C#C)(CCCC)OC. The van der Waals surface area contributed by atoms with Crippen LogP contribution in [0.2, 0.25) is 0 Å². The molecule has 0 aliphatic carbocycles. The van der Waals surface area contributed by atoms with Gasteiger partial charge in [-0.05, 0) is 12.8 Å². The van der Waals surface area contributed by atoms with E-state index in [-0.39, 0.29) is 0 Å². The zero-order valence-electron chi connectivity index (χ0n) is 7.18. The van der Waals surface area contributed by atoms with Gasteiger partial charge in [-0.25, -0.2) is 0 Å². The number of unbranched alkanes of at least 4 members (excludes halogenated alkanes) is 1. The highest BCUT2D eigenvalue weighted by atomic mass is 16.5. The minimum atomic E-state index is -0.768. The predicted molar refractivity (Wildman–Crippen MR) is 46.9 cm³/mol. The number of rotatable bonds is 4. The summed E-state index contributed by atoms with van der Waals surface area (Å²) in [6.45, 7) is 2.09. The lowest BCUT2D eigenvalue weighted by Gasteiger charge is -2.19. The maximum Gasteiger partial charge on any atom is 0.189 e. The first-order valence-electron chi connectivity index (χ1n) is 3.75. The van der Waals surface area contributed by atoms with Crippen molar-refractivity contribution in [2.45, 2.75) is 31.8 Å². The molecule has 0 radical (unpaired) electrons. The fourth-order valence-corrected chi connectivity index (χ4v) is 0.832. The molecule has 0 atom stereocenters. The Morgan fingerprint density at radius 1 is 1.36 bits per heavy atom. The van der Waals surface area contributed by atoms with Crippen LogP contribution < -0.4 is 0 Å². The van der Waals surface area contributed by atoms with Crippen molar-refractivity contribution in [3.63, 3.8) is 0 Å². The van der Waals surface area contributed by atoms with E-state index in [1.54, 1.807) is 7.11 Å². The maximum absolute atomic E-state index is 5.25. The summed E-state index contributed by atoms with van der Waals surface area (Å²) in [7, 11) is 1.55. The van der Waals surface area contributed by atoms with Gasteiger partial charge in [0.2, 0.25) is 0 Å². The molecule has 0 saturated carbocycles. The molecule has 0 aromatic rings. The Hall–Kier alpha value is -0.920. The van der Waals surface area contributed by atoms with Crippen LogP contribution in [0.3, 0.4) is 0 Å². The number of hydrogen-bond acceptors (Lipinski definition) is 1. The molecule has 0 aromatic carbocycles. The summed E-state index contributed by atoms with van der Waals surface area (Å²) in [5, 5.41) is 0. The van der Waals surface area contributed by atoms with Gasteiger partial charge in [0.25, 0.3) is 0 Å². The van der Waals surface area contributed by atoms with Crippen molar-refractivity contribution in [2.24, 2.45) is 0 Å². The third-order valence-electron chi connectivity index (χ3n) is 1.70. The van der Waals surface area contributed by atoms with Crippen molar-refractivity contribution in [3.8, 4) is 24.7 Å². The van der Waals surface area contributed by atoms with Crippen molar-refractivity contribution >= 4 is 0 Å². The van der Waals surface area contributed by atoms with Gasteiger partial charge < -0.3 is 4.74 Å². The molecule has 0 aliphatic rings. The van der Waals surface area contributed by atoms with Gasteiger partial charge in [0.15, 0.2) is 5.60 Å². The summed E-state index contributed by atoms with van der Waals surface area (Å²) in [5.41, 5.74) is -0.768. The van der Waals surface area contributed by atoms with Crippen molar-refractivity contribution in [3.05, 3.63) is 0 Å². The van der Waals surface area contributed by atoms with Crippen LogP contribution in [0.1, 0.15) is 26.2 Å². The lowest BCUT2D eigenvalue weighted by molar-refractivity contribution is 0.0816. The molecule has 0 aliphatic heterocycles. The Labute approximate surface area is 69.1 Å². The molecule has 0 unspecified atom stereocenters. The van der Waals surface area contributed by atoms with Crippen molar-refractivity contribution in [1.29, 1.82) is 0 Å². The van der Waals surface area contributed by atoms with Crippen LogP contribution >= 0.6 is 0 Å². The van der Waals surface area contributed by atoms with Gasteiger partial charge in [0.05, 0.1) is 0 Å². The fourth-order valence-electron chi connectivity index (χ4n) is 0.832. The lowest BCUT2D eigenvalue weighted by atomic mass is 9.99. The van der Waals surface area contributed by atoms with Crippen LogP contribution in [0.15, 0.2) is 0 Å². The van der Waals surface area contributed by atoms with E-state index in [4.69, 9.17) is 17.6 Å². The van der Waals surface area contributed by atoms with Crippen molar-refractivity contribution in [2.75, 3.05) is 7.11 Å². The molecule has 60 valence electrons. The first kappa shape index (κ1) is 10.1. The molecular formula is C10H14O. The van der Waals surface area contributed by atoms with Gasteiger partial charge in [0, 0.05) is 7.11 Å². The molecule has 0 bridgehead atoms. The highest BCUT2D eigenvalue weighted by molar-refractivity contribution is 5.24. The number of hydrogen-bond donors (Lipinski definition) is 0. The van der Waals surface area contributed by atoms with Crippen LogP contribution in [-0.4, -0.2) is 12.7 Å². The van der Waals surface area contributed by atoms with Gasteiger partial charge in [-0.2, -0.15) is 0 Å². The molecular weight excluding hydrogens is 136 g/mol. The van der Waals surface area contributed by atoms with E-state index >= 15 is 0 Å². The van der Waals surface area contributed by atoms with Gasteiger partial charge in [-0.3, -0.25) is 0 Å². The van der Waals surface area contributed by atoms with Gasteiger partial charge in [0.1, 0.15) is 0 Å². The topological polar surface area (TPSA) is 9.23 Å². The molecule has 0 spiro atoms. The van der Waals surface area contributed by atoms with Crippen molar-refractivity contribution in [1.82, 2.24) is 0 Å². The average molecular weight is 150 g/mol. The van der Waals surface area contributed by atoms with E-state index in [1.165, 1.54) is 0 Å². The maximum atomic E-state index is 5.25. The molecule has 0 heterocycles. The summed E-state index contributed by atoms with van der Waals surface area (Å²) >= 11 is 0. The Kier molecular flexibility index (Phi) is 4.42. The van der Waals surface area contributed by atoms with Crippen LogP contribution in [0.4, 0.5) is 0 Å². The standard InChI is InChI=1S/C10H14O/c1-5-8-9-10(6-2,7-3)11-4/h2-3H,5,8-9H2,1,4H3. The smallest absolute Gasteiger partial charge is 0.189 e. The molecule has 0 rings (SSSR count). The summed E-state index contributed by atoms with van der Waals surface area (Å²) < 4.78 is 5.07. The first-order valence-corrected chi connectivity index (χ1v) is 3.75. The van der Waals surface area contributed by atoms with Crippen LogP contribution in [0, 0.1) is 24.7 Å². The Bertz CT molecular complexity index is 166. The highest BCUT2D eigenvalue weighted by Crippen LogP contribution is 2.15. The zero-order chi connectivity index (χ0) is 8.74. The summed E-state index contributed by atoms with van der Waals surface area (Å²) in [6.07, 6.45) is 13.3. The minimum Gasteiger partial charge on any atom is -0.354 e. The van der Waals surface area contributed by atoms with Crippen LogP contribution in [-0.2, 0) is 4.74 Å². The second-order valence-electron chi connectivity index (χ2n) is 2.42. The Morgan fingerprint density at radius 3 is 2.18 bits per heavy atom. The molecule has 1 heteroatoms. The summed E-state index contributed by atoms with van der Waals surface area (Å²) in [4.78, 5) is 0. The van der Waals surface area contributed by atoms with E-state index in [0.717, 1.165) is 19.3 Å². The normalized spacial score (nSPS) is 10.2. The monoisotopic (exact) mass is 150 g/mol. The average Bonchev–Trinajstić information content (AvgIpc) is 2.08. The first-order chi connectivity index (χ1) is 5.24. The van der Waals surface area contributed by atoms with E-state index in [2.05, 4.69) is 18.8 Å². The van der Waals surface area contributed by atoms with E-state index in [9.17, 15) is 0 Å². The number of terminal acetylenes is 2. The van der Waals surface area contributed by atoms with E-state index in [0.29, 0.717) is 0 Å². The number of ether oxygens (including phenoxy) is 1. The summed E-state index contributed by atoms with van der Waals surface area (Å²) in [5.74, 6) is 4.98. The zero-order valence-corrected chi connectivity index (χ0v) is 7.18. The molecule has 0 N–H and O–H groups in total. The van der Waals surface area contributed by atoms with Crippen LogP contribution in [0.5, 0.6) is 0 Å². The highest BCUT2D eigenvalue weighted by Gasteiger charge is 2.22. The Morgan fingerprint density at radius 2 is 1.91 bits per heavy atom. The quantitative estimate of drug-likeness (QED) is 0.555. The molecule has 1 nitrogen and oxygen atoms in total. The van der Waals surface area contributed by atoms with Crippen molar-refractivity contribution < 1.29 is 4.74 Å². The Balaban J connectivity index is 4.12. The van der Waals surface area contributed by atoms with Gasteiger partial charge >= 0.3 is 0 Å². The second-order valence-corrected chi connectivity index (χ2v) is 2.42. The lowest BCUT2D eigenvalue weighted by Crippen LogP contribution is -2.26. The molecule has 0 saturated heterocycles. The second kappa shape index (κ2) is 4.83. The predicted octanol–water partition coefficient (Wildman–Crippen LogP) is 1.83. The molecule has 0 aromatic heterocycles. The van der Waals surface area contributed by atoms with Gasteiger partial charge in [-0.1, -0.05) is 25.2 Å². The minimum absolute atomic E-state index is 0.743. The van der Waals surface area contributed by atoms with E-state index < -0.39 is 5.60 Å². The fraction of sp³-hybridized carbons (Fsp3) is 0.600. The largest absolute Gasteiger partial charge is 0.354 e. The van der Waals surface area contributed by atoms with E-state index in [1.807, 2.05) is 0 Å².